The van der Waals surface area contributed by atoms with Gasteiger partial charge in [-0.2, -0.15) is 13.2 Å². The number of nitrogens with one attached hydrogen (secondary N) is 1. The quantitative estimate of drug-likeness (QED) is 0.438. The number of benzene rings is 2. The summed E-state index contributed by atoms with van der Waals surface area (Å²) in [5.74, 6) is 0.0763. The molecule has 0 spiro atoms. The van der Waals surface area contributed by atoms with Gasteiger partial charge in [0.1, 0.15) is 5.75 Å². The Kier molecular flexibility index (Phi) is 12.2. The van der Waals surface area contributed by atoms with Gasteiger partial charge >= 0.3 is 12.1 Å². The number of halogens is 4. The van der Waals surface area contributed by atoms with Crippen molar-refractivity contribution in [2.75, 3.05) is 33.5 Å². The maximum Gasteiger partial charge on any atom is 0.416 e. The Morgan fingerprint density at radius 2 is 1.85 bits per heavy atom. The minimum atomic E-state index is -4.44. The van der Waals surface area contributed by atoms with Crippen LogP contribution in [0.4, 0.5) is 13.2 Å². The summed E-state index contributed by atoms with van der Waals surface area (Å²) >= 11 is 0. The van der Waals surface area contributed by atoms with Gasteiger partial charge in [0, 0.05) is 12.6 Å². The molecule has 184 valence electrons. The molecule has 2 aromatic rings. The Morgan fingerprint density at radius 3 is 2.45 bits per heavy atom. The minimum absolute atomic E-state index is 0. The molecule has 0 aliphatic rings. The van der Waals surface area contributed by atoms with E-state index in [-0.39, 0.29) is 44.8 Å². The van der Waals surface area contributed by atoms with Gasteiger partial charge in [-0.1, -0.05) is 24.3 Å². The van der Waals surface area contributed by atoms with Crippen molar-refractivity contribution in [2.45, 2.75) is 31.7 Å². The fourth-order valence-corrected chi connectivity index (χ4v) is 3.04. The number of hydrogen-bond donors (Lipinski definition) is 2. The van der Waals surface area contributed by atoms with Crippen LogP contribution < -0.4 is 10.1 Å². The van der Waals surface area contributed by atoms with Crippen LogP contribution in [0.1, 0.15) is 29.7 Å². The number of methoxy groups -OCH3 is 1. The van der Waals surface area contributed by atoms with Crippen molar-refractivity contribution >= 4 is 18.4 Å². The van der Waals surface area contributed by atoms with Gasteiger partial charge < -0.3 is 24.6 Å². The van der Waals surface area contributed by atoms with E-state index < -0.39 is 23.8 Å². The molecule has 0 amide bonds. The second kappa shape index (κ2) is 14.0. The van der Waals surface area contributed by atoms with E-state index in [2.05, 4.69) is 10.1 Å². The normalized spacial score (nSPS) is 13.0. The third-order valence-electron chi connectivity index (χ3n) is 4.70. The van der Waals surface area contributed by atoms with E-state index >= 15 is 0 Å². The van der Waals surface area contributed by atoms with E-state index in [1.165, 1.54) is 13.2 Å². The maximum atomic E-state index is 13.0. The lowest BCUT2D eigenvalue weighted by Crippen LogP contribution is -2.33. The zero-order valence-electron chi connectivity index (χ0n) is 18.4. The molecule has 2 unspecified atom stereocenters. The number of rotatable bonds is 12. The first-order valence-corrected chi connectivity index (χ1v) is 10.1. The second-order valence-electron chi connectivity index (χ2n) is 7.23. The van der Waals surface area contributed by atoms with Gasteiger partial charge in [-0.25, -0.2) is 4.79 Å². The fraction of sp³-hybridized carbons (Fsp3) is 0.435. The van der Waals surface area contributed by atoms with Crippen LogP contribution in [0, 0.1) is 0 Å². The van der Waals surface area contributed by atoms with E-state index in [0.29, 0.717) is 17.7 Å². The Labute approximate surface area is 197 Å². The van der Waals surface area contributed by atoms with E-state index in [4.69, 9.17) is 14.6 Å². The number of carbonyl (C=O) groups is 1. The average Bonchev–Trinajstić information content (AvgIpc) is 2.78. The molecule has 0 heterocycles. The molecule has 2 N–H and O–H groups in total. The first-order chi connectivity index (χ1) is 15.2. The van der Waals surface area contributed by atoms with Gasteiger partial charge in [-0.15, -0.1) is 12.4 Å². The summed E-state index contributed by atoms with van der Waals surface area (Å²) in [5, 5.41) is 12.3. The largest absolute Gasteiger partial charge is 0.482 e. The first-order valence-electron chi connectivity index (χ1n) is 10.1. The summed E-state index contributed by atoms with van der Waals surface area (Å²) in [6.07, 6.45) is -4.42. The second-order valence-corrected chi connectivity index (χ2v) is 7.23. The highest BCUT2D eigenvalue weighted by Gasteiger charge is 2.31. The minimum Gasteiger partial charge on any atom is -0.482 e. The topological polar surface area (TPSA) is 77.0 Å². The van der Waals surface area contributed by atoms with Crippen molar-refractivity contribution in [3.05, 3.63) is 65.2 Å². The zero-order chi connectivity index (χ0) is 23.6. The van der Waals surface area contributed by atoms with Crippen molar-refractivity contribution in [1.29, 1.82) is 0 Å². The summed E-state index contributed by atoms with van der Waals surface area (Å²) in [5.41, 5.74) is 0.664. The van der Waals surface area contributed by atoms with Crippen molar-refractivity contribution in [2.24, 2.45) is 0 Å². The number of hydrogen-bond acceptors (Lipinski definition) is 6. The predicted octanol–water partition coefficient (Wildman–Crippen LogP) is 3.95. The number of carbonyl (C=O) groups excluding carboxylic acids is 1. The predicted molar refractivity (Wildman–Crippen MR) is 120 cm³/mol. The third-order valence-corrected chi connectivity index (χ3v) is 4.70. The van der Waals surface area contributed by atoms with Gasteiger partial charge in [0.05, 0.1) is 32.0 Å². The summed E-state index contributed by atoms with van der Waals surface area (Å²) in [6.45, 7) is 1.86. The Morgan fingerprint density at radius 1 is 1.15 bits per heavy atom. The molecule has 0 aliphatic heterocycles. The summed E-state index contributed by atoms with van der Waals surface area (Å²) < 4.78 is 54.6. The molecular formula is C23H29ClF3NO5. The number of ether oxygens (including phenoxy) is 3. The van der Waals surface area contributed by atoms with Crippen molar-refractivity contribution in [1.82, 2.24) is 5.32 Å². The van der Waals surface area contributed by atoms with Crippen LogP contribution in [-0.4, -0.2) is 50.6 Å². The molecule has 0 bridgehead atoms. The van der Waals surface area contributed by atoms with Crippen LogP contribution >= 0.6 is 12.4 Å². The molecule has 2 rings (SSSR count). The highest BCUT2D eigenvalue weighted by molar-refractivity contribution is 5.85. The third kappa shape index (κ3) is 10.00. The number of alkyl halides is 3. The molecule has 6 nitrogen and oxygen atoms in total. The molecule has 2 atom stereocenters. The van der Waals surface area contributed by atoms with Gasteiger partial charge in [-0.3, -0.25) is 0 Å². The van der Waals surface area contributed by atoms with Crippen molar-refractivity contribution in [3.8, 4) is 5.75 Å². The molecule has 0 radical (unpaired) electrons. The Balaban J connectivity index is 0.00000544. The molecule has 0 aliphatic carbocycles. The highest BCUT2D eigenvalue weighted by atomic mass is 35.5. The molecule has 0 aromatic heterocycles. The highest BCUT2D eigenvalue weighted by Crippen LogP contribution is 2.31. The van der Waals surface area contributed by atoms with E-state index in [9.17, 15) is 18.0 Å². The Bertz CT molecular complexity index is 849. The molecule has 2 aromatic carbocycles. The van der Waals surface area contributed by atoms with Crippen LogP contribution in [0.3, 0.4) is 0 Å². The van der Waals surface area contributed by atoms with Crippen LogP contribution in [0.5, 0.6) is 5.75 Å². The van der Waals surface area contributed by atoms with Crippen molar-refractivity contribution in [3.63, 3.8) is 0 Å². The SMILES string of the molecule is COC(=O)COc1ccc(CC(C)NCC(OCCO)c2cccc(C(F)(F)F)c2)cc1.Cl. The number of esters is 1. The average molecular weight is 492 g/mol. The van der Waals surface area contributed by atoms with Gasteiger partial charge in [-0.05, 0) is 48.7 Å². The zero-order valence-corrected chi connectivity index (χ0v) is 19.2. The Hall–Kier alpha value is -2.33. The van der Waals surface area contributed by atoms with E-state index in [1.54, 1.807) is 18.2 Å². The van der Waals surface area contributed by atoms with E-state index in [0.717, 1.165) is 17.7 Å². The molecule has 0 saturated carbocycles. The number of aliphatic hydroxyl groups excluding tert-OH is 1. The van der Waals surface area contributed by atoms with Crippen LogP contribution in [0.15, 0.2) is 48.5 Å². The molecule has 33 heavy (non-hydrogen) atoms. The summed E-state index contributed by atoms with van der Waals surface area (Å²) in [7, 11) is 1.29. The van der Waals surface area contributed by atoms with Gasteiger partial charge in [0.15, 0.2) is 6.61 Å². The van der Waals surface area contributed by atoms with Gasteiger partial charge in [0.2, 0.25) is 0 Å². The molecule has 0 fully saturated rings. The lowest BCUT2D eigenvalue weighted by atomic mass is 10.0. The first kappa shape index (κ1) is 28.7. The standard InChI is InChI=1S/C23H28F3NO5.ClH/c1-16(12-17-6-8-20(9-7-17)32-15-22(29)30-2)27-14-21(31-11-10-28)18-4-3-5-19(13-18)23(24,25)26;/h3-9,13,16,21,27-28H,10-12,14-15H2,1-2H3;1H. The van der Waals surface area contributed by atoms with Crippen LogP contribution in [0.2, 0.25) is 0 Å². The monoisotopic (exact) mass is 491 g/mol. The summed E-state index contributed by atoms with van der Waals surface area (Å²) in [6, 6.07) is 12.3. The van der Waals surface area contributed by atoms with Gasteiger partial charge in [0.25, 0.3) is 0 Å². The van der Waals surface area contributed by atoms with Crippen molar-refractivity contribution < 1.29 is 37.3 Å². The molecule has 10 heteroatoms. The smallest absolute Gasteiger partial charge is 0.416 e. The summed E-state index contributed by atoms with van der Waals surface area (Å²) in [4.78, 5) is 11.1. The van der Waals surface area contributed by atoms with E-state index in [1.807, 2.05) is 19.1 Å². The lowest BCUT2D eigenvalue weighted by molar-refractivity contribution is -0.143. The molecule has 0 saturated heterocycles. The van der Waals surface area contributed by atoms with Crippen LogP contribution in [-0.2, 0) is 26.9 Å². The lowest BCUT2D eigenvalue weighted by Gasteiger charge is -2.22. The maximum absolute atomic E-state index is 13.0. The van der Waals surface area contributed by atoms with Crippen LogP contribution in [0.25, 0.3) is 0 Å². The fourth-order valence-electron chi connectivity index (χ4n) is 3.04. The number of aliphatic hydroxyl groups is 1. The molecular weight excluding hydrogens is 463 g/mol.